The van der Waals surface area contributed by atoms with E-state index in [1.807, 2.05) is 12.3 Å². The van der Waals surface area contributed by atoms with E-state index in [1.165, 1.54) is 35.6 Å². The molecule has 26 heavy (non-hydrogen) atoms. The smallest absolute Gasteiger partial charge is 0.343 e. The van der Waals surface area contributed by atoms with Crippen molar-refractivity contribution in [2.24, 2.45) is 5.92 Å². The molecule has 0 spiro atoms. The van der Waals surface area contributed by atoms with E-state index in [0.29, 0.717) is 11.1 Å². The quantitative estimate of drug-likeness (QED) is 0.690. The number of benzene rings is 1. The van der Waals surface area contributed by atoms with Crippen molar-refractivity contribution in [2.45, 2.75) is 32.0 Å². The number of nitrogens with zero attached hydrogens (tertiary/aromatic N) is 1. The van der Waals surface area contributed by atoms with E-state index in [1.54, 1.807) is 0 Å². The maximum absolute atomic E-state index is 13.4. The van der Waals surface area contributed by atoms with E-state index in [2.05, 4.69) is 10.3 Å². The summed E-state index contributed by atoms with van der Waals surface area (Å²) in [6.07, 6.45) is -2.19. The number of nitrogens with one attached hydrogen (secondary N) is 1. The van der Waals surface area contributed by atoms with Crippen molar-refractivity contribution < 1.29 is 18.0 Å². The predicted molar refractivity (Wildman–Crippen MR) is 95.9 cm³/mol. The normalized spacial score (nSPS) is 16.4. The molecule has 138 valence electrons. The summed E-state index contributed by atoms with van der Waals surface area (Å²) < 4.78 is 40.2. The molecule has 2 aromatic rings. The fourth-order valence-corrected chi connectivity index (χ4v) is 3.67. The van der Waals surface area contributed by atoms with Crippen LogP contribution in [-0.2, 0) is 4.79 Å². The first-order valence-corrected chi connectivity index (χ1v) is 9.27. The average molecular weight is 401 g/mol. The summed E-state index contributed by atoms with van der Waals surface area (Å²) in [6.45, 7) is 1.84. The highest BCUT2D eigenvalue weighted by molar-refractivity contribution is 7.09. The van der Waals surface area contributed by atoms with Crippen LogP contribution in [0.15, 0.2) is 35.7 Å². The fourth-order valence-electron chi connectivity index (χ4n) is 2.61. The van der Waals surface area contributed by atoms with Crippen molar-refractivity contribution in [1.29, 1.82) is 0 Å². The Labute approximate surface area is 157 Å². The minimum absolute atomic E-state index is 0.106. The Morgan fingerprint density at radius 1 is 1.35 bits per heavy atom. The lowest BCUT2D eigenvalue weighted by Crippen LogP contribution is -2.29. The first kappa shape index (κ1) is 18.9. The zero-order valence-electron chi connectivity index (χ0n) is 13.8. The van der Waals surface area contributed by atoms with Gasteiger partial charge in [-0.15, -0.1) is 11.3 Å². The Morgan fingerprint density at radius 3 is 2.50 bits per heavy atom. The molecule has 0 aliphatic heterocycles. The van der Waals surface area contributed by atoms with Crippen molar-refractivity contribution in [3.05, 3.63) is 57.0 Å². The van der Waals surface area contributed by atoms with Crippen molar-refractivity contribution in [3.8, 4) is 0 Å². The van der Waals surface area contributed by atoms with E-state index in [9.17, 15) is 18.0 Å². The third kappa shape index (κ3) is 4.65. The molecule has 1 saturated carbocycles. The van der Waals surface area contributed by atoms with E-state index in [-0.39, 0.29) is 17.5 Å². The first-order chi connectivity index (χ1) is 12.2. The number of halogens is 4. The van der Waals surface area contributed by atoms with Gasteiger partial charge in [-0.3, -0.25) is 4.79 Å². The second-order valence-electron chi connectivity index (χ2n) is 6.21. The number of thiazole rings is 1. The molecule has 1 N–H and O–H groups in total. The lowest BCUT2D eigenvalue weighted by atomic mass is 10.0. The van der Waals surface area contributed by atoms with Crippen LogP contribution in [0.4, 0.5) is 13.2 Å². The fraction of sp³-hybridized carbons (Fsp3) is 0.333. The van der Waals surface area contributed by atoms with Crippen LogP contribution in [0.25, 0.3) is 5.57 Å². The van der Waals surface area contributed by atoms with E-state index in [0.717, 1.165) is 23.5 Å². The third-order valence-corrected chi connectivity index (χ3v) is 5.33. The molecular weight excluding hydrogens is 385 g/mol. The van der Waals surface area contributed by atoms with Crippen LogP contribution in [0.2, 0.25) is 5.02 Å². The van der Waals surface area contributed by atoms with Gasteiger partial charge >= 0.3 is 6.18 Å². The average Bonchev–Trinajstić information content (AvgIpc) is 3.31. The number of amides is 1. The Hall–Kier alpha value is -1.86. The molecule has 1 aliphatic rings. The van der Waals surface area contributed by atoms with Crippen LogP contribution in [0, 0.1) is 12.8 Å². The number of allylic oxidation sites excluding steroid dienone is 1. The third-order valence-electron chi connectivity index (χ3n) is 4.03. The summed E-state index contributed by atoms with van der Waals surface area (Å²) in [5.74, 6) is -0.556. The molecule has 1 amide bonds. The molecule has 1 heterocycles. The second-order valence-corrected chi connectivity index (χ2v) is 7.54. The minimum atomic E-state index is -4.65. The number of alkyl halides is 3. The van der Waals surface area contributed by atoms with Gasteiger partial charge in [0.25, 0.3) is 0 Å². The summed E-state index contributed by atoms with van der Waals surface area (Å²) >= 11 is 7.14. The molecule has 3 nitrogen and oxygen atoms in total. The maximum atomic E-state index is 13.4. The van der Waals surface area contributed by atoms with Crippen LogP contribution < -0.4 is 5.32 Å². The van der Waals surface area contributed by atoms with Gasteiger partial charge in [-0.25, -0.2) is 4.98 Å². The number of carbonyl (C=O) groups is 1. The molecular formula is C18H16ClF3N2OS. The summed E-state index contributed by atoms with van der Waals surface area (Å²) in [7, 11) is 0. The van der Waals surface area contributed by atoms with Crippen molar-refractivity contribution in [3.63, 3.8) is 0 Å². The van der Waals surface area contributed by atoms with Crippen LogP contribution in [0.5, 0.6) is 0 Å². The molecule has 1 aliphatic carbocycles. The van der Waals surface area contributed by atoms with Crippen molar-refractivity contribution >= 4 is 34.4 Å². The van der Waals surface area contributed by atoms with Crippen LogP contribution in [-0.4, -0.2) is 17.1 Å². The number of aryl methyl sites for hydroxylation is 1. The van der Waals surface area contributed by atoms with Gasteiger partial charge in [0.05, 0.1) is 11.6 Å². The molecule has 1 aromatic heterocycles. The lowest BCUT2D eigenvalue weighted by molar-refractivity contribution is -0.117. The largest absolute Gasteiger partial charge is 0.417 e. The summed E-state index contributed by atoms with van der Waals surface area (Å²) in [5.41, 5.74) is -0.278. The number of rotatable bonds is 5. The minimum Gasteiger partial charge on any atom is -0.343 e. The molecule has 0 radical (unpaired) electrons. The highest BCUT2D eigenvalue weighted by Gasteiger charge is 2.37. The summed E-state index contributed by atoms with van der Waals surface area (Å²) in [4.78, 5) is 16.7. The highest BCUT2D eigenvalue weighted by atomic mass is 35.5. The van der Waals surface area contributed by atoms with Crippen molar-refractivity contribution in [1.82, 2.24) is 10.3 Å². The van der Waals surface area contributed by atoms with Crippen molar-refractivity contribution in [2.75, 3.05) is 0 Å². The van der Waals surface area contributed by atoms with Gasteiger partial charge in [0, 0.05) is 22.2 Å². The lowest BCUT2D eigenvalue weighted by Gasteiger charge is -2.16. The van der Waals surface area contributed by atoms with Gasteiger partial charge in [0.1, 0.15) is 5.01 Å². The van der Waals surface area contributed by atoms with Gasteiger partial charge in [0.2, 0.25) is 5.91 Å². The van der Waals surface area contributed by atoms with Gasteiger partial charge in [-0.05, 0) is 43.4 Å². The first-order valence-electron chi connectivity index (χ1n) is 8.01. The van der Waals surface area contributed by atoms with Gasteiger partial charge < -0.3 is 5.32 Å². The predicted octanol–water partition coefficient (Wildman–Crippen LogP) is 5.32. The number of aromatic nitrogens is 1. The zero-order valence-corrected chi connectivity index (χ0v) is 15.4. The summed E-state index contributed by atoms with van der Waals surface area (Å²) in [5, 5.41) is 5.62. The molecule has 1 fully saturated rings. The molecule has 1 atom stereocenters. The standard InChI is InChI=1S/C18H16ClF3N2OS/c1-10-9-26-17(23-10)16(12-2-3-12)24-15(25)8-14(18(20,21)22)11-4-6-13(19)7-5-11/h4-9,12,16H,2-3H2,1H3,(H,24,25)/b14-8-. The van der Waals surface area contributed by atoms with Crippen LogP contribution in [0.3, 0.4) is 0 Å². The zero-order chi connectivity index (χ0) is 18.9. The second kappa shape index (κ2) is 7.40. The van der Waals surface area contributed by atoms with Gasteiger partial charge in [-0.2, -0.15) is 13.2 Å². The van der Waals surface area contributed by atoms with Gasteiger partial charge in [0.15, 0.2) is 0 Å². The SMILES string of the molecule is Cc1csc(C(NC(=O)/C=C(/c2ccc(Cl)cc2)C(F)(F)F)C2CC2)n1. The van der Waals surface area contributed by atoms with E-state index >= 15 is 0 Å². The molecule has 1 aromatic carbocycles. The van der Waals surface area contributed by atoms with Gasteiger partial charge in [-0.1, -0.05) is 23.7 Å². The highest BCUT2D eigenvalue weighted by Crippen LogP contribution is 2.42. The Balaban J connectivity index is 1.84. The van der Waals surface area contributed by atoms with Crippen LogP contribution in [0.1, 0.15) is 35.1 Å². The molecule has 8 heteroatoms. The summed E-state index contributed by atoms with van der Waals surface area (Å²) in [6, 6.07) is 4.87. The Morgan fingerprint density at radius 2 is 2.00 bits per heavy atom. The number of hydrogen-bond acceptors (Lipinski definition) is 3. The number of hydrogen-bond donors (Lipinski definition) is 1. The molecule has 3 rings (SSSR count). The molecule has 0 bridgehead atoms. The number of carbonyl (C=O) groups excluding carboxylic acids is 1. The van der Waals surface area contributed by atoms with E-state index < -0.39 is 17.7 Å². The maximum Gasteiger partial charge on any atom is 0.417 e. The molecule has 0 saturated heterocycles. The topological polar surface area (TPSA) is 42.0 Å². The molecule has 1 unspecified atom stereocenters. The van der Waals surface area contributed by atoms with Crippen LogP contribution >= 0.6 is 22.9 Å². The Kier molecular flexibility index (Phi) is 5.39. The Bertz CT molecular complexity index is 826. The monoisotopic (exact) mass is 400 g/mol. The van der Waals surface area contributed by atoms with E-state index in [4.69, 9.17) is 11.6 Å².